The topological polar surface area (TPSA) is 64.6 Å². The fourth-order valence-corrected chi connectivity index (χ4v) is 2.75. The van der Waals surface area contributed by atoms with Crippen molar-refractivity contribution in [3.8, 4) is 5.75 Å². The van der Waals surface area contributed by atoms with Crippen molar-refractivity contribution in [2.24, 2.45) is 0 Å². The molecule has 1 N–H and O–H groups in total. The summed E-state index contributed by atoms with van der Waals surface area (Å²) < 4.78 is 10.6. The molecular weight excluding hydrogens is 350 g/mol. The normalized spacial score (nSPS) is 10.2. The lowest BCUT2D eigenvalue weighted by atomic mass is 10.2. The Bertz CT molecular complexity index is 731. The lowest BCUT2D eigenvalue weighted by molar-refractivity contribution is -0.141. The summed E-state index contributed by atoms with van der Waals surface area (Å²) in [6, 6.07) is 15.2. The number of carbonyl (C=O) groups is 2. The third-order valence-corrected chi connectivity index (χ3v) is 4.30. The van der Waals surface area contributed by atoms with Gasteiger partial charge in [0.05, 0.1) is 11.5 Å². The van der Waals surface area contributed by atoms with Gasteiger partial charge in [0.25, 0.3) is 0 Å². The van der Waals surface area contributed by atoms with Gasteiger partial charge in [0.1, 0.15) is 19.0 Å². The molecule has 6 heteroatoms. The van der Waals surface area contributed by atoms with Gasteiger partial charge in [-0.05, 0) is 43.7 Å². The summed E-state index contributed by atoms with van der Waals surface area (Å²) >= 11 is 1.22. The molecule has 5 nitrogen and oxygen atoms in total. The van der Waals surface area contributed by atoms with Crippen LogP contribution in [0.3, 0.4) is 0 Å². The molecule has 0 bridgehead atoms. The standard InChI is InChI=1S/C20H23NO4S/c1-15-6-8-18(9-7-15)24-10-11-25-20(23)14-26-13-19(22)21-17-5-3-4-16(2)12-17/h3-9,12H,10-11,13-14H2,1-2H3,(H,21,22). The summed E-state index contributed by atoms with van der Waals surface area (Å²) in [4.78, 5) is 23.5. The van der Waals surface area contributed by atoms with Gasteiger partial charge in [0, 0.05) is 5.69 Å². The number of hydrogen-bond donors (Lipinski definition) is 1. The third kappa shape index (κ3) is 7.61. The smallest absolute Gasteiger partial charge is 0.316 e. The fraction of sp³-hybridized carbons (Fsp3) is 0.300. The summed E-state index contributed by atoms with van der Waals surface area (Å²) in [5, 5.41) is 2.80. The first-order chi connectivity index (χ1) is 12.5. The number of aryl methyl sites for hydroxylation is 2. The van der Waals surface area contributed by atoms with Crippen molar-refractivity contribution < 1.29 is 19.1 Å². The third-order valence-electron chi connectivity index (χ3n) is 3.39. The Morgan fingerprint density at radius 1 is 0.962 bits per heavy atom. The highest BCUT2D eigenvalue weighted by molar-refractivity contribution is 8.00. The second-order valence-corrected chi connectivity index (χ2v) is 6.78. The van der Waals surface area contributed by atoms with Gasteiger partial charge in [-0.15, -0.1) is 11.8 Å². The van der Waals surface area contributed by atoms with Crippen LogP contribution in [0.2, 0.25) is 0 Å². The Kier molecular flexibility index (Phi) is 8.02. The zero-order chi connectivity index (χ0) is 18.8. The zero-order valence-corrected chi connectivity index (χ0v) is 15.8. The Labute approximate surface area is 158 Å². The first-order valence-corrected chi connectivity index (χ1v) is 9.48. The van der Waals surface area contributed by atoms with Crippen molar-refractivity contribution in [3.05, 3.63) is 59.7 Å². The van der Waals surface area contributed by atoms with Crippen molar-refractivity contribution in [3.63, 3.8) is 0 Å². The van der Waals surface area contributed by atoms with Crippen LogP contribution in [0.4, 0.5) is 5.69 Å². The van der Waals surface area contributed by atoms with Crippen molar-refractivity contribution in [1.29, 1.82) is 0 Å². The Morgan fingerprint density at radius 3 is 2.46 bits per heavy atom. The van der Waals surface area contributed by atoms with E-state index in [1.54, 1.807) is 0 Å². The predicted octanol–water partition coefficient (Wildman–Crippen LogP) is 3.60. The van der Waals surface area contributed by atoms with Crippen LogP contribution in [0.15, 0.2) is 48.5 Å². The molecule has 0 saturated carbocycles. The molecule has 0 aliphatic heterocycles. The van der Waals surface area contributed by atoms with E-state index in [2.05, 4.69) is 5.32 Å². The molecule has 26 heavy (non-hydrogen) atoms. The summed E-state index contributed by atoms with van der Waals surface area (Å²) in [6.07, 6.45) is 0. The lowest BCUT2D eigenvalue weighted by Gasteiger charge is -2.08. The second kappa shape index (κ2) is 10.5. The first-order valence-electron chi connectivity index (χ1n) is 8.32. The molecule has 0 spiro atoms. The van der Waals surface area contributed by atoms with Crippen LogP contribution in [0.25, 0.3) is 0 Å². The molecular formula is C20H23NO4S. The van der Waals surface area contributed by atoms with Gasteiger partial charge in [-0.3, -0.25) is 9.59 Å². The van der Waals surface area contributed by atoms with Gasteiger partial charge < -0.3 is 14.8 Å². The number of anilines is 1. The van der Waals surface area contributed by atoms with Crippen LogP contribution < -0.4 is 10.1 Å². The molecule has 0 aliphatic carbocycles. The number of ether oxygens (including phenoxy) is 2. The maximum Gasteiger partial charge on any atom is 0.316 e. The van der Waals surface area contributed by atoms with Crippen molar-refractivity contribution in [1.82, 2.24) is 0 Å². The minimum atomic E-state index is -0.356. The molecule has 2 rings (SSSR count). The molecule has 0 aliphatic rings. The number of thioether (sulfide) groups is 1. The molecule has 0 heterocycles. The molecule has 2 aromatic carbocycles. The number of benzene rings is 2. The van der Waals surface area contributed by atoms with E-state index in [9.17, 15) is 9.59 Å². The van der Waals surface area contributed by atoms with Crippen LogP contribution in [-0.4, -0.2) is 36.6 Å². The van der Waals surface area contributed by atoms with E-state index in [1.165, 1.54) is 11.8 Å². The van der Waals surface area contributed by atoms with Gasteiger partial charge >= 0.3 is 5.97 Å². The lowest BCUT2D eigenvalue weighted by Crippen LogP contribution is -2.17. The van der Waals surface area contributed by atoms with E-state index in [0.29, 0.717) is 6.61 Å². The van der Waals surface area contributed by atoms with Gasteiger partial charge in [-0.2, -0.15) is 0 Å². The largest absolute Gasteiger partial charge is 0.490 e. The number of amides is 1. The Morgan fingerprint density at radius 2 is 1.73 bits per heavy atom. The van der Waals surface area contributed by atoms with E-state index in [4.69, 9.17) is 9.47 Å². The Hall–Kier alpha value is -2.47. The maximum atomic E-state index is 11.8. The number of esters is 1. The van der Waals surface area contributed by atoms with Crippen LogP contribution in [0.1, 0.15) is 11.1 Å². The Balaban J connectivity index is 1.55. The molecule has 1 amide bonds. The number of hydrogen-bond acceptors (Lipinski definition) is 5. The molecule has 0 fully saturated rings. The van der Waals surface area contributed by atoms with E-state index >= 15 is 0 Å². The van der Waals surface area contributed by atoms with Gasteiger partial charge in [-0.1, -0.05) is 29.8 Å². The monoisotopic (exact) mass is 373 g/mol. The van der Waals surface area contributed by atoms with Crippen molar-refractivity contribution >= 4 is 29.3 Å². The van der Waals surface area contributed by atoms with Crippen LogP contribution in [-0.2, 0) is 14.3 Å². The van der Waals surface area contributed by atoms with Crippen LogP contribution in [0, 0.1) is 13.8 Å². The van der Waals surface area contributed by atoms with Gasteiger partial charge in [-0.25, -0.2) is 0 Å². The highest BCUT2D eigenvalue weighted by Crippen LogP contribution is 2.12. The number of carbonyl (C=O) groups excluding carboxylic acids is 2. The predicted molar refractivity (Wildman–Crippen MR) is 105 cm³/mol. The molecule has 138 valence electrons. The van der Waals surface area contributed by atoms with E-state index in [0.717, 1.165) is 22.6 Å². The number of rotatable bonds is 9. The summed E-state index contributed by atoms with van der Waals surface area (Å²) in [5.74, 6) is 0.574. The first kappa shape index (κ1) is 19.8. The highest BCUT2D eigenvalue weighted by atomic mass is 32.2. The second-order valence-electron chi connectivity index (χ2n) is 5.79. The van der Waals surface area contributed by atoms with Gasteiger partial charge in [0.15, 0.2) is 0 Å². The quantitative estimate of drug-likeness (QED) is 0.537. The molecule has 0 aromatic heterocycles. The zero-order valence-electron chi connectivity index (χ0n) is 15.0. The minimum Gasteiger partial charge on any atom is -0.490 e. The fourth-order valence-electron chi connectivity index (χ4n) is 2.14. The summed E-state index contributed by atoms with van der Waals surface area (Å²) in [6.45, 7) is 4.45. The average Bonchev–Trinajstić information content (AvgIpc) is 2.60. The highest BCUT2D eigenvalue weighted by Gasteiger charge is 2.07. The molecule has 0 atom stereocenters. The van der Waals surface area contributed by atoms with E-state index in [1.807, 2.05) is 62.4 Å². The maximum absolute atomic E-state index is 11.8. The van der Waals surface area contributed by atoms with Crippen LogP contribution >= 0.6 is 11.8 Å². The van der Waals surface area contributed by atoms with E-state index in [-0.39, 0.29) is 30.0 Å². The summed E-state index contributed by atoms with van der Waals surface area (Å²) in [5.41, 5.74) is 2.99. The average molecular weight is 373 g/mol. The van der Waals surface area contributed by atoms with Gasteiger partial charge in [0.2, 0.25) is 5.91 Å². The minimum absolute atomic E-state index is 0.131. The SMILES string of the molecule is Cc1ccc(OCCOC(=O)CSCC(=O)Nc2cccc(C)c2)cc1. The van der Waals surface area contributed by atoms with Crippen LogP contribution in [0.5, 0.6) is 5.75 Å². The summed E-state index contributed by atoms with van der Waals surface area (Å²) in [7, 11) is 0. The molecule has 0 saturated heterocycles. The van der Waals surface area contributed by atoms with Crippen molar-refractivity contribution in [2.45, 2.75) is 13.8 Å². The van der Waals surface area contributed by atoms with E-state index < -0.39 is 0 Å². The molecule has 0 radical (unpaired) electrons. The van der Waals surface area contributed by atoms with Crippen molar-refractivity contribution in [2.75, 3.05) is 30.0 Å². The number of nitrogens with one attached hydrogen (secondary N) is 1. The molecule has 0 unspecified atom stereocenters. The molecule has 2 aromatic rings.